The summed E-state index contributed by atoms with van der Waals surface area (Å²) in [5.74, 6) is -1.82. The summed E-state index contributed by atoms with van der Waals surface area (Å²) in [6, 6.07) is 15.3. The van der Waals surface area contributed by atoms with Crippen LogP contribution in [0.2, 0.25) is 0 Å². The van der Waals surface area contributed by atoms with Crippen molar-refractivity contribution in [1.82, 2.24) is 5.43 Å². The van der Waals surface area contributed by atoms with E-state index in [4.69, 9.17) is 4.42 Å². The van der Waals surface area contributed by atoms with E-state index < -0.39 is 11.8 Å². The van der Waals surface area contributed by atoms with E-state index in [0.717, 1.165) is 6.21 Å². The molecule has 25 heavy (non-hydrogen) atoms. The van der Waals surface area contributed by atoms with Crippen LogP contribution in [0, 0.1) is 0 Å². The van der Waals surface area contributed by atoms with Crippen molar-refractivity contribution in [3.63, 3.8) is 0 Å². The number of hydrogen-bond acceptors (Lipinski definition) is 5. The van der Waals surface area contributed by atoms with Gasteiger partial charge in [0, 0.05) is 5.69 Å². The Hall–Kier alpha value is -3.74. The number of benzene rings is 2. The molecule has 0 unspecified atom stereocenters. The molecule has 7 nitrogen and oxygen atoms in total. The van der Waals surface area contributed by atoms with E-state index in [0.29, 0.717) is 16.7 Å². The van der Waals surface area contributed by atoms with Gasteiger partial charge in [0.15, 0.2) is 0 Å². The van der Waals surface area contributed by atoms with Gasteiger partial charge in [-0.05, 0) is 24.3 Å². The minimum atomic E-state index is -0.953. The fourth-order valence-electron chi connectivity index (χ4n) is 2.10. The highest BCUT2D eigenvalue weighted by Gasteiger charge is 2.12. The predicted octanol–water partition coefficient (Wildman–Crippen LogP) is 1.88. The predicted molar refractivity (Wildman–Crippen MR) is 93.3 cm³/mol. The first-order valence-corrected chi connectivity index (χ1v) is 7.35. The molecule has 2 aromatic carbocycles. The zero-order valence-electron chi connectivity index (χ0n) is 12.9. The number of fused-ring (bicyclic) bond motifs is 1. The highest BCUT2D eigenvalue weighted by molar-refractivity contribution is 6.39. The summed E-state index contributed by atoms with van der Waals surface area (Å²) in [5.41, 5.74) is 2.88. The number of anilines is 1. The van der Waals surface area contributed by atoms with Crippen LogP contribution >= 0.6 is 0 Å². The molecule has 1 aromatic heterocycles. The highest BCUT2D eigenvalue weighted by Crippen LogP contribution is 2.09. The van der Waals surface area contributed by atoms with E-state index in [1.54, 1.807) is 54.6 Å². The van der Waals surface area contributed by atoms with E-state index in [2.05, 4.69) is 15.8 Å². The Morgan fingerprint density at radius 1 is 0.960 bits per heavy atom. The summed E-state index contributed by atoms with van der Waals surface area (Å²) in [6.07, 6.45) is 2.37. The van der Waals surface area contributed by atoms with Gasteiger partial charge in [-0.1, -0.05) is 30.3 Å². The summed E-state index contributed by atoms with van der Waals surface area (Å²) in [5, 5.41) is 6.45. The second-order valence-corrected chi connectivity index (χ2v) is 5.04. The molecule has 0 spiro atoms. The molecule has 2 amide bonds. The summed E-state index contributed by atoms with van der Waals surface area (Å²) >= 11 is 0. The molecule has 0 aliphatic heterocycles. The molecule has 0 saturated carbocycles. The lowest BCUT2D eigenvalue weighted by molar-refractivity contribution is -0.136. The van der Waals surface area contributed by atoms with Crippen molar-refractivity contribution in [3.8, 4) is 0 Å². The molecule has 3 aromatic rings. The molecule has 7 heteroatoms. The number of nitrogens with one attached hydrogen (secondary N) is 2. The first-order valence-electron chi connectivity index (χ1n) is 7.35. The molecular formula is C18H13N3O4. The molecule has 124 valence electrons. The van der Waals surface area contributed by atoms with Crippen LogP contribution in [0.15, 0.2) is 75.2 Å². The third kappa shape index (κ3) is 3.78. The molecule has 0 bridgehead atoms. The number of carbonyl (C=O) groups excluding carboxylic acids is 2. The second-order valence-electron chi connectivity index (χ2n) is 5.04. The summed E-state index contributed by atoms with van der Waals surface area (Å²) in [6.45, 7) is 0. The Morgan fingerprint density at radius 3 is 2.48 bits per heavy atom. The van der Waals surface area contributed by atoms with E-state index >= 15 is 0 Å². The zero-order chi connectivity index (χ0) is 17.6. The van der Waals surface area contributed by atoms with Crippen molar-refractivity contribution in [2.24, 2.45) is 5.10 Å². The van der Waals surface area contributed by atoms with Crippen LogP contribution in [0.3, 0.4) is 0 Å². The van der Waals surface area contributed by atoms with E-state index in [1.807, 2.05) is 0 Å². The van der Waals surface area contributed by atoms with E-state index in [9.17, 15) is 14.4 Å². The molecule has 0 radical (unpaired) electrons. The quantitative estimate of drug-likeness (QED) is 0.433. The van der Waals surface area contributed by atoms with Gasteiger partial charge in [0.2, 0.25) is 5.43 Å². The van der Waals surface area contributed by atoms with Crippen LogP contribution in [0.25, 0.3) is 11.0 Å². The molecular weight excluding hydrogens is 322 g/mol. The average molecular weight is 335 g/mol. The number of carbonyl (C=O) groups is 2. The minimum absolute atomic E-state index is 0.155. The number of para-hydroxylation sites is 2. The van der Waals surface area contributed by atoms with Gasteiger partial charge < -0.3 is 9.73 Å². The monoisotopic (exact) mass is 335 g/mol. The van der Waals surface area contributed by atoms with Crippen LogP contribution in [-0.2, 0) is 9.59 Å². The van der Waals surface area contributed by atoms with Crippen molar-refractivity contribution in [3.05, 3.63) is 76.6 Å². The van der Waals surface area contributed by atoms with Gasteiger partial charge in [0.1, 0.15) is 11.8 Å². The van der Waals surface area contributed by atoms with Crippen molar-refractivity contribution in [1.29, 1.82) is 0 Å². The molecule has 0 aliphatic rings. The Balaban J connectivity index is 1.67. The zero-order valence-corrected chi connectivity index (χ0v) is 12.9. The van der Waals surface area contributed by atoms with Gasteiger partial charge in [0.05, 0.1) is 17.2 Å². The first kappa shape index (κ1) is 16.1. The lowest BCUT2D eigenvalue weighted by atomic mass is 10.2. The Labute approximate surface area is 142 Å². The molecule has 3 rings (SSSR count). The number of rotatable bonds is 3. The molecule has 0 aliphatic carbocycles. The maximum atomic E-state index is 12.2. The fraction of sp³-hybridized carbons (Fsp3) is 0. The Kier molecular flexibility index (Phi) is 4.66. The van der Waals surface area contributed by atoms with Gasteiger partial charge in [-0.15, -0.1) is 0 Å². The molecule has 2 N–H and O–H groups in total. The van der Waals surface area contributed by atoms with Gasteiger partial charge in [-0.25, -0.2) is 5.43 Å². The van der Waals surface area contributed by atoms with Crippen LogP contribution < -0.4 is 16.2 Å². The van der Waals surface area contributed by atoms with Crippen LogP contribution in [0.1, 0.15) is 5.56 Å². The third-order valence-corrected chi connectivity index (χ3v) is 3.31. The number of amides is 2. The molecule has 0 fully saturated rings. The SMILES string of the molecule is O=C(NN=Cc1coc2ccccc2c1=O)C(=O)Nc1ccccc1. The van der Waals surface area contributed by atoms with Crippen LogP contribution in [-0.4, -0.2) is 18.0 Å². The van der Waals surface area contributed by atoms with Crippen molar-refractivity contribution < 1.29 is 14.0 Å². The Bertz CT molecular complexity index is 1010. The number of hydrazone groups is 1. The maximum Gasteiger partial charge on any atom is 0.329 e. The molecule has 1 heterocycles. The lowest BCUT2D eigenvalue weighted by Gasteiger charge is -2.03. The van der Waals surface area contributed by atoms with Gasteiger partial charge in [-0.3, -0.25) is 14.4 Å². The first-order chi connectivity index (χ1) is 12.1. The van der Waals surface area contributed by atoms with E-state index in [1.165, 1.54) is 6.26 Å². The largest absolute Gasteiger partial charge is 0.463 e. The summed E-state index contributed by atoms with van der Waals surface area (Å²) < 4.78 is 5.32. The fourth-order valence-corrected chi connectivity index (χ4v) is 2.10. The average Bonchev–Trinajstić information content (AvgIpc) is 2.64. The van der Waals surface area contributed by atoms with Crippen molar-refractivity contribution in [2.45, 2.75) is 0 Å². The number of nitrogens with zero attached hydrogens (tertiary/aromatic N) is 1. The normalized spacial score (nSPS) is 10.7. The van der Waals surface area contributed by atoms with Gasteiger partial charge >= 0.3 is 11.8 Å². The molecule has 0 atom stereocenters. The van der Waals surface area contributed by atoms with E-state index in [-0.39, 0.29) is 11.0 Å². The van der Waals surface area contributed by atoms with Crippen molar-refractivity contribution in [2.75, 3.05) is 5.32 Å². The topological polar surface area (TPSA) is 101 Å². The summed E-state index contributed by atoms with van der Waals surface area (Å²) in [4.78, 5) is 35.7. The Morgan fingerprint density at radius 2 is 1.68 bits per heavy atom. The minimum Gasteiger partial charge on any atom is -0.463 e. The smallest absolute Gasteiger partial charge is 0.329 e. The van der Waals surface area contributed by atoms with Crippen LogP contribution in [0.4, 0.5) is 5.69 Å². The standard InChI is InChI=1S/C18H13N3O4/c22-16-12(11-25-15-9-5-4-8-14(15)16)10-19-21-18(24)17(23)20-13-6-2-1-3-7-13/h1-11H,(H,20,23)(H,21,24). The number of hydrogen-bond donors (Lipinski definition) is 2. The highest BCUT2D eigenvalue weighted by atomic mass is 16.3. The second kappa shape index (κ2) is 7.22. The summed E-state index contributed by atoms with van der Waals surface area (Å²) in [7, 11) is 0. The van der Waals surface area contributed by atoms with Crippen LogP contribution in [0.5, 0.6) is 0 Å². The van der Waals surface area contributed by atoms with Gasteiger partial charge in [-0.2, -0.15) is 5.10 Å². The maximum absolute atomic E-state index is 12.2. The molecule has 0 saturated heterocycles. The lowest BCUT2D eigenvalue weighted by Crippen LogP contribution is -2.32. The van der Waals surface area contributed by atoms with Gasteiger partial charge in [0.25, 0.3) is 0 Å². The van der Waals surface area contributed by atoms with Crippen molar-refractivity contribution >= 4 is 34.7 Å². The third-order valence-electron chi connectivity index (χ3n) is 3.31.